The van der Waals surface area contributed by atoms with Gasteiger partial charge in [-0.3, -0.25) is 6.29 Å². The Morgan fingerprint density at radius 1 is 1.53 bits per heavy atom. The Morgan fingerprint density at radius 3 is 2.59 bits per heavy atom. The van der Waals surface area contributed by atoms with Crippen LogP contribution in [0.5, 0.6) is 5.75 Å². The molecule has 2 aromatic heterocycles. The number of fused-ring (bicyclic) bond motifs is 1. The van der Waals surface area contributed by atoms with Crippen molar-refractivity contribution in [3.8, 4) is 5.75 Å². The van der Waals surface area contributed by atoms with Gasteiger partial charge in [-0.25, -0.2) is 4.79 Å². The fraction of sp³-hybridized carbons (Fsp3) is 0.333. The van der Waals surface area contributed by atoms with E-state index >= 15 is 0 Å². The molecule has 0 saturated heterocycles. The van der Waals surface area contributed by atoms with Crippen molar-refractivity contribution in [2.45, 2.75) is 20.3 Å². The van der Waals surface area contributed by atoms with Gasteiger partial charge in [0.2, 0.25) is 0 Å². The van der Waals surface area contributed by atoms with Crippen molar-refractivity contribution in [3.05, 3.63) is 17.7 Å². The molecule has 17 heavy (non-hydrogen) atoms. The fourth-order valence-corrected chi connectivity index (χ4v) is 1.24. The Bertz CT molecular complexity index is 517. The van der Waals surface area contributed by atoms with Crippen LogP contribution in [0.4, 0.5) is 0 Å². The third kappa shape index (κ3) is 2.73. The molecule has 4 nitrogen and oxygen atoms in total. The molecule has 5 heteroatoms. The summed E-state index contributed by atoms with van der Waals surface area (Å²) in [5.41, 5.74) is 1.66. The van der Waals surface area contributed by atoms with Crippen LogP contribution in [0.2, 0.25) is 0 Å². The van der Waals surface area contributed by atoms with Crippen LogP contribution in [0, 0.1) is 43.1 Å². The quantitative estimate of drug-likeness (QED) is 0.515. The summed E-state index contributed by atoms with van der Waals surface area (Å²) in [5, 5.41) is 0. The molecule has 1 atom stereocenters. The largest absolute Gasteiger partial charge is 2.00 e. The number of esters is 1. The topological polar surface area (TPSA) is 56.5 Å². The molecule has 0 aliphatic carbocycles. The Balaban J connectivity index is 0.000000184. The maximum Gasteiger partial charge on any atom is 2.00 e. The van der Waals surface area contributed by atoms with Crippen LogP contribution in [-0.2, 0) is 4.79 Å². The number of hydrogen-bond donors (Lipinski definition) is 0. The number of furan rings is 2. The van der Waals surface area contributed by atoms with E-state index in [9.17, 15) is 9.59 Å². The summed E-state index contributed by atoms with van der Waals surface area (Å²) >= 11 is 0. The molecule has 1 aliphatic heterocycles. The molecule has 3 heterocycles. The second kappa shape index (κ2) is 5.70. The van der Waals surface area contributed by atoms with Crippen molar-refractivity contribution in [1.82, 2.24) is 0 Å². The van der Waals surface area contributed by atoms with E-state index in [-0.39, 0.29) is 43.0 Å². The number of rotatable bonds is 2. The van der Waals surface area contributed by atoms with E-state index in [1.54, 1.807) is 6.07 Å². The maximum atomic E-state index is 10.8. The van der Waals surface area contributed by atoms with Crippen molar-refractivity contribution in [1.29, 1.82) is 0 Å². The van der Waals surface area contributed by atoms with E-state index in [1.807, 2.05) is 20.1 Å². The normalized spacial score (nSPS) is 13.6. The van der Waals surface area contributed by atoms with Crippen LogP contribution in [0.1, 0.15) is 30.6 Å². The van der Waals surface area contributed by atoms with Gasteiger partial charge in [0.25, 0.3) is 0 Å². The number of carbonyl (C=O) groups excluding carboxylic acids is 2. The second-order valence-electron chi connectivity index (χ2n) is 3.62. The Labute approximate surface area is 122 Å². The molecule has 0 fully saturated rings. The predicted molar refractivity (Wildman–Crippen MR) is 56.3 cm³/mol. The number of hydrogen-bond acceptors (Lipinski definition) is 4. The first-order valence-corrected chi connectivity index (χ1v) is 5.03. The minimum Gasteiger partial charge on any atom is -0.542 e. The molecule has 2 aromatic rings. The molecular formula is C12H10O4U. The first-order chi connectivity index (χ1) is 7.65. The van der Waals surface area contributed by atoms with Gasteiger partial charge < -0.3 is 13.9 Å². The van der Waals surface area contributed by atoms with Crippen molar-refractivity contribution < 1.29 is 49.9 Å². The van der Waals surface area contributed by atoms with Gasteiger partial charge in [0.1, 0.15) is 0 Å². The van der Waals surface area contributed by atoms with E-state index < -0.39 is 0 Å². The zero-order valence-corrected chi connectivity index (χ0v) is 13.7. The van der Waals surface area contributed by atoms with Crippen LogP contribution >= 0.6 is 0 Å². The average Bonchev–Trinajstić information content (AvgIpc) is 2.90. The molecule has 0 spiro atoms. The SMILES string of the molecule is CCC(C)[C-]=O.O=C1Oc2[c-]c3cc1c2o3.[U+2]. The van der Waals surface area contributed by atoms with Gasteiger partial charge in [-0.2, -0.15) is 0 Å². The minimum atomic E-state index is -0.329. The Morgan fingerprint density at radius 2 is 2.24 bits per heavy atom. The van der Waals surface area contributed by atoms with Crippen molar-refractivity contribution >= 4 is 23.4 Å². The molecule has 0 radical (unpaired) electrons. The van der Waals surface area contributed by atoms with Crippen LogP contribution in [0.3, 0.4) is 0 Å². The van der Waals surface area contributed by atoms with Crippen LogP contribution in [0.15, 0.2) is 10.5 Å². The number of benzene rings is 1. The first-order valence-electron chi connectivity index (χ1n) is 5.03. The van der Waals surface area contributed by atoms with Crippen molar-refractivity contribution in [3.63, 3.8) is 0 Å². The third-order valence-electron chi connectivity index (χ3n) is 2.40. The van der Waals surface area contributed by atoms with E-state index in [0.29, 0.717) is 22.5 Å². The molecule has 3 rings (SSSR count). The van der Waals surface area contributed by atoms with Gasteiger partial charge in [0, 0.05) is 5.58 Å². The second-order valence-corrected chi connectivity index (χ2v) is 3.62. The summed E-state index contributed by atoms with van der Waals surface area (Å²) in [6.45, 7) is 3.82. The molecule has 0 N–H and O–H groups in total. The van der Waals surface area contributed by atoms with Gasteiger partial charge in [0.05, 0.1) is 11.3 Å². The maximum absolute atomic E-state index is 10.8. The standard InChI is InChI=1S/C7HO3.C5H9O.U/c8-7-4-1-3-2-5(10-7)6(4)9-3;1-3-5(2)4-6;/h1H;5H,3H2,1-2H3;/q2*-1;+2. The van der Waals surface area contributed by atoms with Gasteiger partial charge in [-0.05, 0) is 5.56 Å². The van der Waals surface area contributed by atoms with Gasteiger partial charge >= 0.3 is 37.1 Å². The molecule has 2 bridgehead atoms. The van der Waals surface area contributed by atoms with Gasteiger partial charge in [0.15, 0.2) is 0 Å². The number of ether oxygens (including phenoxy) is 1. The van der Waals surface area contributed by atoms with E-state index in [4.69, 9.17) is 9.15 Å². The summed E-state index contributed by atoms with van der Waals surface area (Å²) < 4.78 is 9.83. The summed E-state index contributed by atoms with van der Waals surface area (Å²) in [6, 6.07) is 4.40. The average molecular weight is 456 g/mol. The molecule has 0 amide bonds. The van der Waals surface area contributed by atoms with Gasteiger partial charge in [-0.1, -0.05) is 26.3 Å². The van der Waals surface area contributed by atoms with Crippen molar-refractivity contribution in [2.75, 3.05) is 0 Å². The van der Waals surface area contributed by atoms with E-state index in [0.717, 1.165) is 6.42 Å². The zero-order chi connectivity index (χ0) is 11.7. The molecule has 1 aliphatic rings. The third-order valence-corrected chi connectivity index (χ3v) is 2.40. The van der Waals surface area contributed by atoms with E-state index in [2.05, 4.69) is 6.07 Å². The summed E-state index contributed by atoms with van der Waals surface area (Å²) in [7, 11) is 0. The fourth-order valence-electron chi connectivity index (χ4n) is 1.24. The summed E-state index contributed by atoms with van der Waals surface area (Å²) in [5.74, 6) is 0.243. The zero-order valence-electron chi connectivity index (χ0n) is 9.49. The summed E-state index contributed by atoms with van der Waals surface area (Å²) in [6.07, 6.45) is 2.77. The predicted octanol–water partition coefficient (Wildman–Crippen LogP) is 2.35. The first kappa shape index (κ1) is 14.3. The van der Waals surface area contributed by atoms with Crippen LogP contribution < -0.4 is 4.74 Å². The number of carbonyl (C=O) groups is 1. The molecule has 0 saturated carbocycles. The molecule has 86 valence electrons. The monoisotopic (exact) mass is 456 g/mol. The van der Waals surface area contributed by atoms with Crippen molar-refractivity contribution in [2.24, 2.45) is 5.92 Å². The van der Waals surface area contributed by atoms with Gasteiger partial charge in [-0.15, -0.1) is 12.0 Å². The Hall–Kier alpha value is -0.788. The Kier molecular flexibility index (Phi) is 4.79. The molecular weight excluding hydrogens is 446 g/mol. The smallest absolute Gasteiger partial charge is 0.542 e. The minimum absolute atomic E-state index is 0. The van der Waals surface area contributed by atoms with E-state index in [1.165, 1.54) is 0 Å². The van der Waals surface area contributed by atoms with Crippen LogP contribution in [0.25, 0.3) is 11.2 Å². The van der Waals surface area contributed by atoms with Crippen LogP contribution in [-0.4, -0.2) is 12.3 Å². The molecule has 0 aromatic carbocycles. The molecule has 1 unspecified atom stereocenters. The summed E-state index contributed by atoms with van der Waals surface area (Å²) in [4.78, 5) is 20.4.